The Bertz CT molecular complexity index is 464. The minimum Gasteiger partial charge on any atom is -0.266 e. The van der Waals surface area contributed by atoms with Crippen LogP contribution in [-0.2, 0) is 4.84 Å². The molecule has 1 aromatic carbocycles. The molecule has 96 valence electrons. The Morgan fingerprint density at radius 1 is 1.06 bits per heavy atom. The maximum absolute atomic E-state index is 11.8. The van der Waals surface area contributed by atoms with Crippen LogP contribution in [-0.4, -0.2) is 27.3 Å². The third-order valence-corrected chi connectivity index (χ3v) is 2.93. The van der Waals surface area contributed by atoms with Crippen LogP contribution in [0.2, 0.25) is 0 Å². The van der Waals surface area contributed by atoms with Gasteiger partial charge in [-0.05, 0) is 12.1 Å². The summed E-state index contributed by atoms with van der Waals surface area (Å²) in [6.07, 6.45) is 0.0745. The van der Waals surface area contributed by atoms with E-state index in [0.29, 0.717) is 16.2 Å². The second kappa shape index (κ2) is 5.05. The summed E-state index contributed by atoms with van der Waals surface area (Å²) in [5.41, 5.74) is 0.632. The number of imide groups is 1. The van der Waals surface area contributed by atoms with Crippen molar-refractivity contribution in [3.05, 3.63) is 35.4 Å². The van der Waals surface area contributed by atoms with Gasteiger partial charge in [0.25, 0.3) is 11.8 Å². The molecule has 0 radical (unpaired) electrons. The lowest BCUT2D eigenvalue weighted by atomic mass is 10.1. The van der Waals surface area contributed by atoms with E-state index in [-0.39, 0.29) is 13.0 Å². The summed E-state index contributed by atoms with van der Waals surface area (Å²) in [6.45, 7) is -0.0397. The van der Waals surface area contributed by atoms with Gasteiger partial charge in [0.1, 0.15) is 0 Å². The van der Waals surface area contributed by atoms with Crippen LogP contribution in [0.4, 0.5) is 0 Å². The van der Waals surface area contributed by atoms with Gasteiger partial charge in [0.05, 0.1) is 17.7 Å². The van der Waals surface area contributed by atoms with Gasteiger partial charge < -0.3 is 0 Å². The van der Waals surface area contributed by atoms with Crippen LogP contribution < -0.4 is 0 Å². The maximum atomic E-state index is 11.8. The van der Waals surface area contributed by atoms with Crippen molar-refractivity contribution in [2.75, 3.05) is 6.61 Å². The Balaban J connectivity index is 2.05. The summed E-state index contributed by atoms with van der Waals surface area (Å²) in [5.74, 6) is -1.00. The monoisotopic (exact) mass is 307 g/mol. The number of benzene rings is 1. The molecular weight excluding hydrogens is 300 g/mol. The van der Waals surface area contributed by atoms with E-state index in [9.17, 15) is 9.59 Å². The molecule has 0 saturated heterocycles. The van der Waals surface area contributed by atoms with Gasteiger partial charge in [0, 0.05) is 6.42 Å². The van der Waals surface area contributed by atoms with Crippen molar-refractivity contribution < 1.29 is 14.4 Å². The van der Waals surface area contributed by atoms with Gasteiger partial charge in [0.15, 0.2) is 3.79 Å². The van der Waals surface area contributed by atoms with E-state index in [1.54, 1.807) is 24.3 Å². The second-order valence-electron chi connectivity index (χ2n) is 3.65. The number of alkyl halides is 3. The van der Waals surface area contributed by atoms with Crippen molar-refractivity contribution in [3.8, 4) is 0 Å². The van der Waals surface area contributed by atoms with Crippen molar-refractivity contribution in [1.82, 2.24) is 5.06 Å². The van der Waals surface area contributed by atoms with Crippen LogP contribution in [0.25, 0.3) is 0 Å². The third kappa shape index (κ3) is 2.78. The largest absolute Gasteiger partial charge is 0.285 e. The summed E-state index contributed by atoms with van der Waals surface area (Å²) >= 11 is 16.6. The number of amides is 2. The summed E-state index contributed by atoms with van der Waals surface area (Å²) in [7, 11) is 0. The van der Waals surface area contributed by atoms with E-state index >= 15 is 0 Å². The molecule has 2 amide bonds. The molecule has 2 rings (SSSR count). The Labute approximate surface area is 118 Å². The molecule has 0 fully saturated rings. The lowest BCUT2D eigenvalue weighted by Gasteiger charge is -2.15. The Kier molecular flexibility index (Phi) is 3.82. The van der Waals surface area contributed by atoms with Crippen LogP contribution in [0.15, 0.2) is 24.3 Å². The van der Waals surface area contributed by atoms with E-state index in [1.165, 1.54) is 0 Å². The van der Waals surface area contributed by atoms with Gasteiger partial charge in [-0.2, -0.15) is 0 Å². The van der Waals surface area contributed by atoms with Crippen molar-refractivity contribution >= 4 is 46.6 Å². The number of halogens is 3. The Morgan fingerprint density at radius 2 is 1.56 bits per heavy atom. The lowest BCUT2D eigenvalue weighted by molar-refractivity contribution is -0.0916. The number of hydrogen-bond donors (Lipinski definition) is 0. The molecule has 1 heterocycles. The first kappa shape index (κ1) is 13.6. The number of hydrogen-bond acceptors (Lipinski definition) is 3. The average Bonchev–Trinajstić information content (AvgIpc) is 2.53. The minimum atomic E-state index is -1.47. The van der Waals surface area contributed by atoms with Gasteiger partial charge in [-0.25, -0.2) is 0 Å². The number of nitrogens with zero attached hydrogens (tertiary/aromatic N) is 1. The van der Waals surface area contributed by atoms with Crippen molar-refractivity contribution in [2.45, 2.75) is 10.2 Å². The van der Waals surface area contributed by atoms with Crippen molar-refractivity contribution in [2.24, 2.45) is 0 Å². The molecule has 0 unspecified atom stereocenters. The molecule has 7 heteroatoms. The molecule has 18 heavy (non-hydrogen) atoms. The van der Waals surface area contributed by atoms with Gasteiger partial charge in [0.2, 0.25) is 0 Å². The number of fused-ring (bicyclic) bond motifs is 1. The molecule has 0 aliphatic carbocycles. The van der Waals surface area contributed by atoms with Crippen LogP contribution in [0.1, 0.15) is 27.1 Å². The highest BCUT2D eigenvalue weighted by Crippen LogP contribution is 2.30. The topological polar surface area (TPSA) is 46.6 Å². The number of carbonyl (C=O) groups is 2. The standard InChI is InChI=1S/C11H8Cl3NO3/c12-11(13,14)5-6-18-15-9(16)7-3-1-2-4-8(7)10(15)17/h1-4H,5-6H2. The third-order valence-electron chi connectivity index (χ3n) is 2.36. The Morgan fingerprint density at radius 3 is 2.00 bits per heavy atom. The molecular formula is C11H8Cl3NO3. The molecule has 0 spiro atoms. The molecule has 0 aromatic heterocycles. The zero-order valence-corrected chi connectivity index (χ0v) is 11.3. The molecule has 1 aromatic rings. The SMILES string of the molecule is O=C1c2ccccc2C(=O)N1OCCC(Cl)(Cl)Cl. The van der Waals surface area contributed by atoms with Crippen LogP contribution in [0, 0.1) is 0 Å². The highest BCUT2D eigenvalue weighted by atomic mass is 35.6. The molecule has 4 nitrogen and oxygen atoms in total. The number of hydroxylamine groups is 2. The molecule has 1 aliphatic heterocycles. The van der Waals surface area contributed by atoms with E-state index in [2.05, 4.69) is 0 Å². The number of carbonyl (C=O) groups excluding carboxylic acids is 2. The fraction of sp³-hybridized carbons (Fsp3) is 0.273. The predicted octanol–water partition coefficient (Wildman–Crippen LogP) is 2.97. The molecule has 1 aliphatic rings. The molecule has 0 N–H and O–H groups in total. The lowest BCUT2D eigenvalue weighted by Crippen LogP contribution is -2.31. The summed E-state index contributed by atoms with van der Waals surface area (Å²) in [4.78, 5) is 28.8. The van der Waals surface area contributed by atoms with Crippen molar-refractivity contribution in [1.29, 1.82) is 0 Å². The quantitative estimate of drug-likeness (QED) is 0.637. The fourth-order valence-electron chi connectivity index (χ4n) is 1.54. The maximum Gasteiger partial charge on any atom is 0.285 e. The first-order chi connectivity index (χ1) is 8.40. The predicted molar refractivity (Wildman–Crippen MR) is 67.8 cm³/mol. The van der Waals surface area contributed by atoms with E-state index < -0.39 is 15.6 Å². The fourth-order valence-corrected chi connectivity index (χ4v) is 1.77. The number of rotatable bonds is 3. The first-order valence-electron chi connectivity index (χ1n) is 5.07. The van der Waals surface area contributed by atoms with Crippen molar-refractivity contribution in [3.63, 3.8) is 0 Å². The second-order valence-corrected chi connectivity index (χ2v) is 6.16. The van der Waals surface area contributed by atoms with Crippen LogP contribution in [0.3, 0.4) is 0 Å². The summed E-state index contributed by atoms with van der Waals surface area (Å²) < 4.78 is -1.47. The van der Waals surface area contributed by atoms with E-state index in [0.717, 1.165) is 0 Å². The highest BCUT2D eigenvalue weighted by Gasteiger charge is 2.36. The van der Waals surface area contributed by atoms with Crippen LogP contribution in [0.5, 0.6) is 0 Å². The highest BCUT2D eigenvalue weighted by molar-refractivity contribution is 6.67. The van der Waals surface area contributed by atoms with Gasteiger partial charge in [-0.3, -0.25) is 14.4 Å². The smallest absolute Gasteiger partial charge is 0.266 e. The zero-order valence-electron chi connectivity index (χ0n) is 9.03. The van der Waals surface area contributed by atoms with Gasteiger partial charge >= 0.3 is 0 Å². The average molecular weight is 309 g/mol. The first-order valence-corrected chi connectivity index (χ1v) is 6.21. The van der Waals surface area contributed by atoms with Crippen LogP contribution >= 0.6 is 34.8 Å². The zero-order chi connectivity index (χ0) is 13.3. The molecule has 0 atom stereocenters. The Hall–Kier alpha value is -0.810. The summed E-state index contributed by atoms with van der Waals surface area (Å²) in [5, 5.41) is 0.696. The molecule has 0 bridgehead atoms. The van der Waals surface area contributed by atoms with Gasteiger partial charge in [-0.1, -0.05) is 46.9 Å². The van der Waals surface area contributed by atoms with Gasteiger partial charge in [-0.15, -0.1) is 5.06 Å². The molecule has 0 saturated carbocycles. The van der Waals surface area contributed by atoms with E-state index in [4.69, 9.17) is 39.6 Å². The summed E-state index contributed by atoms with van der Waals surface area (Å²) in [6, 6.07) is 6.48. The normalized spacial score (nSPS) is 15.2. The minimum absolute atomic E-state index is 0.0397. The van der Waals surface area contributed by atoms with E-state index in [1.807, 2.05) is 0 Å².